The van der Waals surface area contributed by atoms with E-state index < -0.39 is 0 Å². The van der Waals surface area contributed by atoms with Gasteiger partial charge in [-0.3, -0.25) is 0 Å². The third-order valence-electron chi connectivity index (χ3n) is 2.31. The second kappa shape index (κ2) is 3.89. The molecule has 0 heterocycles. The van der Waals surface area contributed by atoms with Crippen LogP contribution in [0.4, 0.5) is 0 Å². The van der Waals surface area contributed by atoms with E-state index in [0.717, 1.165) is 19.3 Å². The molecule has 3 atom stereocenters. The summed E-state index contributed by atoms with van der Waals surface area (Å²) >= 11 is 6.01. The van der Waals surface area contributed by atoms with Crippen LogP contribution in [0.1, 0.15) is 26.2 Å². The smallest absolute Gasteiger partial charge is 0.211 e. The Morgan fingerprint density at radius 1 is 1.55 bits per heavy atom. The highest BCUT2D eigenvalue weighted by Gasteiger charge is 2.25. The van der Waals surface area contributed by atoms with Crippen molar-refractivity contribution in [3.05, 3.63) is 0 Å². The molecule has 0 aromatic carbocycles. The molecule has 0 bridgehead atoms. The molecule has 0 N–H and O–H groups in total. The van der Waals surface area contributed by atoms with Crippen molar-refractivity contribution in [3.63, 3.8) is 0 Å². The zero-order valence-corrected chi connectivity index (χ0v) is 7.34. The molecule has 11 heavy (non-hydrogen) atoms. The summed E-state index contributed by atoms with van der Waals surface area (Å²) in [6.07, 6.45) is 4.48. The minimum atomic E-state index is 0.131. The van der Waals surface area contributed by atoms with Gasteiger partial charge in [-0.15, -0.1) is 11.6 Å². The molecule has 1 saturated carbocycles. The highest BCUT2D eigenvalue weighted by atomic mass is 35.5. The molecule has 0 aromatic heterocycles. The van der Waals surface area contributed by atoms with Crippen molar-refractivity contribution in [2.75, 3.05) is 0 Å². The van der Waals surface area contributed by atoms with Crippen LogP contribution in [0.5, 0.6) is 0 Å². The number of halogens is 1. The van der Waals surface area contributed by atoms with Gasteiger partial charge in [-0.25, -0.2) is 9.79 Å². The summed E-state index contributed by atoms with van der Waals surface area (Å²) in [4.78, 5) is 13.6. The van der Waals surface area contributed by atoms with Crippen LogP contribution >= 0.6 is 11.6 Å². The average molecular weight is 174 g/mol. The molecule has 0 saturated heterocycles. The number of carbonyl (C=O) groups excluding carboxylic acids is 1. The normalized spacial score (nSPS) is 37.8. The Morgan fingerprint density at radius 2 is 2.27 bits per heavy atom. The number of hydrogen-bond donors (Lipinski definition) is 0. The minimum Gasteiger partial charge on any atom is -0.211 e. The van der Waals surface area contributed by atoms with Gasteiger partial charge in [-0.2, -0.15) is 0 Å². The van der Waals surface area contributed by atoms with Crippen LogP contribution in [-0.2, 0) is 4.79 Å². The maximum atomic E-state index is 9.93. The molecular formula is C8H12ClNO. The Kier molecular flexibility index (Phi) is 3.10. The fourth-order valence-corrected chi connectivity index (χ4v) is 1.77. The molecule has 0 radical (unpaired) electrons. The highest BCUT2D eigenvalue weighted by molar-refractivity contribution is 6.20. The third-order valence-corrected chi connectivity index (χ3v) is 2.91. The van der Waals surface area contributed by atoms with E-state index in [9.17, 15) is 4.79 Å². The van der Waals surface area contributed by atoms with E-state index in [-0.39, 0.29) is 11.4 Å². The van der Waals surface area contributed by atoms with Crippen molar-refractivity contribution in [2.24, 2.45) is 10.9 Å². The first-order chi connectivity index (χ1) is 5.24. The number of alkyl halides is 1. The first-order valence-corrected chi connectivity index (χ1v) is 4.38. The summed E-state index contributed by atoms with van der Waals surface area (Å²) in [5.74, 6) is 0.565. The van der Waals surface area contributed by atoms with Crippen molar-refractivity contribution in [1.82, 2.24) is 0 Å². The quantitative estimate of drug-likeness (QED) is 0.339. The van der Waals surface area contributed by atoms with E-state index in [1.54, 1.807) is 6.08 Å². The summed E-state index contributed by atoms with van der Waals surface area (Å²) in [6, 6.07) is 0.131. The van der Waals surface area contributed by atoms with Gasteiger partial charge in [-0.1, -0.05) is 6.92 Å². The molecular weight excluding hydrogens is 162 g/mol. The topological polar surface area (TPSA) is 29.4 Å². The molecule has 3 heteroatoms. The standard InChI is InChI=1S/C8H12ClNO/c1-6-2-3-7(10-5-11)4-8(6)9/h6-8H,2-4H2,1H3. The number of hydrogen-bond acceptors (Lipinski definition) is 2. The summed E-state index contributed by atoms with van der Waals surface area (Å²) in [5.41, 5.74) is 0. The number of aliphatic imine (C=N–C) groups is 1. The van der Waals surface area contributed by atoms with Crippen LogP contribution in [0.15, 0.2) is 4.99 Å². The van der Waals surface area contributed by atoms with Gasteiger partial charge in [0.1, 0.15) is 0 Å². The number of nitrogens with zero attached hydrogens (tertiary/aromatic N) is 1. The summed E-state index contributed by atoms with van der Waals surface area (Å²) in [6.45, 7) is 2.14. The highest BCUT2D eigenvalue weighted by Crippen LogP contribution is 2.29. The lowest BCUT2D eigenvalue weighted by molar-refractivity contribution is 0.355. The molecule has 3 unspecified atom stereocenters. The minimum absolute atomic E-state index is 0.131. The Labute approximate surface area is 71.6 Å². The first-order valence-electron chi connectivity index (χ1n) is 3.95. The summed E-state index contributed by atoms with van der Waals surface area (Å²) < 4.78 is 0. The monoisotopic (exact) mass is 173 g/mol. The van der Waals surface area contributed by atoms with Crippen molar-refractivity contribution < 1.29 is 4.79 Å². The van der Waals surface area contributed by atoms with Gasteiger partial charge in [0, 0.05) is 5.38 Å². The second-order valence-electron chi connectivity index (χ2n) is 3.18. The Morgan fingerprint density at radius 3 is 2.82 bits per heavy atom. The van der Waals surface area contributed by atoms with Gasteiger partial charge in [-0.05, 0) is 25.2 Å². The summed E-state index contributed by atoms with van der Waals surface area (Å²) in [5, 5.41) is 0.186. The van der Waals surface area contributed by atoms with Crippen LogP contribution in [0.2, 0.25) is 0 Å². The summed E-state index contributed by atoms with van der Waals surface area (Å²) in [7, 11) is 0. The molecule has 1 fully saturated rings. The van der Waals surface area contributed by atoms with E-state index in [4.69, 9.17) is 11.6 Å². The van der Waals surface area contributed by atoms with E-state index in [1.807, 2.05) is 0 Å². The van der Waals surface area contributed by atoms with Gasteiger partial charge in [0.15, 0.2) is 0 Å². The lowest BCUT2D eigenvalue weighted by Gasteiger charge is -2.27. The maximum Gasteiger partial charge on any atom is 0.235 e. The Balaban J connectivity index is 2.45. The fraction of sp³-hybridized carbons (Fsp3) is 0.875. The van der Waals surface area contributed by atoms with Crippen LogP contribution in [-0.4, -0.2) is 17.5 Å². The van der Waals surface area contributed by atoms with Crippen LogP contribution < -0.4 is 0 Å². The lowest BCUT2D eigenvalue weighted by atomic mass is 9.87. The van der Waals surface area contributed by atoms with E-state index in [0.29, 0.717) is 5.92 Å². The molecule has 0 aromatic rings. The van der Waals surface area contributed by atoms with Crippen LogP contribution in [0.3, 0.4) is 0 Å². The number of rotatable bonds is 1. The molecule has 1 aliphatic carbocycles. The van der Waals surface area contributed by atoms with Crippen molar-refractivity contribution in [3.8, 4) is 0 Å². The van der Waals surface area contributed by atoms with E-state index >= 15 is 0 Å². The van der Waals surface area contributed by atoms with E-state index in [2.05, 4.69) is 11.9 Å². The largest absolute Gasteiger partial charge is 0.235 e. The van der Waals surface area contributed by atoms with Gasteiger partial charge in [0.25, 0.3) is 0 Å². The Hall–Kier alpha value is -0.330. The fourth-order valence-electron chi connectivity index (χ4n) is 1.44. The first kappa shape index (κ1) is 8.76. The zero-order chi connectivity index (χ0) is 8.27. The Bertz CT molecular complexity index is 177. The third kappa shape index (κ3) is 2.32. The molecule has 0 spiro atoms. The van der Waals surface area contributed by atoms with Gasteiger partial charge >= 0.3 is 0 Å². The predicted molar refractivity (Wildman–Crippen MR) is 44.6 cm³/mol. The van der Waals surface area contributed by atoms with Crippen LogP contribution in [0, 0.1) is 5.92 Å². The predicted octanol–water partition coefficient (Wildman–Crippen LogP) is 2.12. The maximum absolute atomic E-state index is 9.93. The lowest BCUT2D eigenvalue weighted by Crippen LogP contribution is -2.25. The molecule has 1 aliphatic rings. The average Bonchev–Trinajstić information content (AvgIpc) is 1.98. The van der Waals surface area contributed by atoms with Crippen molar-refractivity contribution in [2.45, 2.75) is 37.6 Å². The van der Waals surface area contributed by atoms with Gasteiger partial charge in [0.05, 0.1) is 6.04 Å². The molecule has 2 nitrogen and oxygen atoms in total. The van der Waals surface area contributed by atoms with Gasteiger partial charge in [0.2, 0.25) is 6.08 Å². The van der Waals surface area contributed by atoms with Crippen LogP contribution in [0.25, 0.3) is 0 Å². The molecule has 62 valence electrons. The number of isocyanates is 1. The molecule has 0 amide bonds. The van der Waals surface area contributed by atoms with Gasteiger partial charge < -0.3 is 0 Å². The molecule has 1 rings (SSSR count). The SMILES string of the molecule is CC1CCC(N=C=O)CC1Cl. The van der Waals surface area contributed by atoms with Crippen molar-refractivity contribution in [1.29, 1.82) is 0 Å². The molecule has 0 aliphatic heterocycles. The second-order valence-corrected chi connectivity index (χ2v) is 3.74. The van der Waals surface area contributed by atoms with Crippen molar-refractivity contribution >= 4 is 17.7 Å². The van der Waals surface area contributed by atoms with E-state index in [1.165, 1.54) is 0 Å². The zero-order valence-electron chi connectivity index (χ0n) is 6.59.